The van der Waals surface area contributed by atoms with Crippen molar-refractivity contribution in [2.75, 3.05) is 13.1 Å². The van der Waals surface area contributed by atoms with Crippen LogP contribution in [0.25, 0.3) is 11.1 Å². The first-order valence-corrected chi connectivity index (χ1v) is 27.7. The number of hydrogen-bond acceptors (Lipinski definition) is 22. The van der Waals surface area contributed by atoms with E-state index in [2.05, 4.69) is 42.9 Å². The van der Waals surface area contributed by atoms with Gasteiger partial charge in [0.05, 0.1) is 30.8 Å². The summed E-state index contributed by atoms with van der Waals surface area (Å²) in [4.78, 5) is 115. The van der Waals surface area contributed by atoms with Crippen molar-refractivity contribution in [2.24, 2.45) is 11.7 Å². The Kier molecular flexibility index (Phi) is 23.7. The minimum atomic E-state index is -2.55. The third-order valence-corrected chi connectivity index (χ3v) is 15.2. The number of primary amides is 1. The molecule has 460 valence electrons. The van der Waals surface area contributed by atoms with Crippen molar-refractivity contribution in [3.05, 3.63) is 83.4 Å². The Labute approximate surface area is 485 Å². The van der Waals surface area contributed by atoms with Gasteiger partial charge in [-0.1, -0.05) is 84.9 Å². The van der Waals surface area contributed by atoms with Crippen molar-refractivity contribution in [3.63, 3.8) is 0 Å². The minimum absolute atomic E-state index is 0.00840. The number of rotatable bonds is 19. The second-order valence-corrected chi connectivity index (χ2v) is 21.5. The van der Waals surface area contributed by atoms with Gasteiger partial charge in [0.25, 0.3) is 18.2 Å². The number of aliphatic hydroxyl groups is 8. The van der Waals surface area contributed by atoms with Crippen molar-refractivity contribution in [2.45, 2.75) is 157 Å². The smallest absolute Gasteiger partial charge is 0.261 e. The third kappa shape index (κ3) is 16.6. The number of phenolic OH excluding ortho intramolecular Hbond substituents is 1. The zero-order valence-electron chi connectivity index (χ0n) is 45.9. The molecule has 15 atom stereocenters. The van der Waals surface area contributed by atoms with Crippen LogP contribution in [0.2, 0.25) is 0 Å². The molecule has 3 aromatic rings. The van der Waals surface area contributed by atoms with Crippen LogP contribution in [-0.4, -0.2) is 200 Å². The van der Waals surface area contributed by atoms with E-state index >= 15 is 0 Å². The van der Waals surface area contributed by atoms with Crippen LogP contribution in [0.1, 0.15) is 93.3 Å². The summed E-state index contributed by atoms with van der Waals surface area (Å²) in [6, 6.07) is 4.28. The van der Waals surface area contributed by atoms with Gasteiger partial charge in [0.15, 0.2) is 17.7 Å². The molecule has 3 aliphatic heterocycles. The number of benzene rings is 3. The van der Waals surface area contributed by atoms with Crippen LogP contribution in [0.15, 0.2) is 66.7 Å². The zero-order valence-corrected chi connectivity index (χ0v) is 46.7. The number of aromatic hydroxyl groups is 1. The van der Waals surface area contributed by atoms with E-state index < -0.39 is 182 Å². The van der Waals surface area contributed by atoms with E-state index in [1.807, 2.05) is 24.3 Å². The molecule has 6 rings (SSSR count). The number of nitrogens with two attached hydrogens (primary N) is 1. The Bertz CT molecular complexity index is 2800. The molecule has 0 spiro atoms. The largest absolute Gasteiger partial charge is 0.504 e. The number of carbonyl (C=O) groups excluding carboxylic acids is 8. The van der Waals surface area contributed by atoms with Gasteiger partial charge in [-0.2, -0.15) is 0 Å². The fourth-order valence-corrected chi connectivity index (χ4v) is 10.4. The molecule has 3 heterocycles. The molecular weight excluding hydrogens is 1130 g/mol. The Morgan fingerprint density at radius 2 is 1.39 bits per heavy atom. The van der Waals surface area contributed by atoms with E-state index in [0.717, 1.165) is 73.9 Å². The molecule has 14 unspecified atom stereocenters. The highest BCUT2D eigenvalue weighted by Gasteiger charge is 2.51. The molecule has 3 aromatic carbocycles. The second kappa shape index (κ2) is 30.1. The Morgan fingerprint density at radius 1 is 0.762 bits per heavy atom. The summed E-state index contributed by atoms with van der Waals surface area (Å²) >= 11 is -0.0308. The van der Waals surface area contributed by atoms with Gasteiger partial charge in [0, 0.05) is 37.4 Å². The summed E-state index contributed by atoms with van der Waals surface area (Å²) in [5, 5.41) is 124. The van der Waals surface area contributed by atoms with Crippen LogP contribution in [0.5, 0.6) is 11.5 Å². The lowest BCUT2D eigenvalue weighted by Crippen LogP contribution is -2.64. The highest BCUT2D eigenvalue weighted by Crippen LogP contribution is 2.34. The molecule has 8 amide bonds. The van der Waals surface area contributed by atoms with Crippen molar-refractivity contribution < 1.29 is 103 Å². The Morgan fingerprint density at radius 3 is 2.02 bits per heavy atom. The monoisotopic (exact) mass is 1200 g/mol. The van der Waals surface area contributed by atoms with Crippen LogP contribution in [0, 0.1) is 5.92 Å². The van der Waals surface area contributed by atoms with Crippen molar-refractivity contribution in [1.82, 2.24) is 36.4 Å². The summed E-state index contributed by atoms with van der Waals surface area (Å²) in [6.07, 6.45) is -14.1. The third-order valence-electron chi connectivity index (χ3n) is 14.8. The molecule has 17 N–H and O–H groups in total. The second-order valence-electron chi connectivity index (χ2n) is 21.1. The summed E-state index contributed by atoms with van der Waals surface area (Å²) in [7, 11) is 0. The number of amides is 8. The quantitative estimate of drug-likeness (QED) is 0.0249. The van der Waals surface area contributed by atoms with E-state index in [9.17, 15) is 84.3 Å². The predicted octanol–water partition coefficient (Wildman–Crippen LogP) is -2.82. The van der Waals surface area contributed by atoms with Gasteiger partial charge < -0.3 is 92.3 Å². The van der Waals surface area contributed by atoms with E-state index in [-0.39, 0.29) is 23.5 Å². The van der Waals surface area contributed by atoms with Gasteiger partial charge in [0.2, 0.25) is 41.4 Å². The van der Waals surface area contributed by atoms with Crippen LogP contribution < -0.4 is 36.5 Å². The number of hydrogen-bond donors (Lipinski definition) is 16. The van der Waals surface area contributed by atoms with E-state index in [0.29, 0.717) is 9.80 Å². The van der Waals surface area contributed by atoms with Gasteiger partial charge in [-0.15, -0.1) is 0 Å². The highest BCUT2D eigenvalue weighted by molar-refractivity contribution is 7.90. The van der Waals surface area contributed by atoms with E-state index in [1.165, 1.54) is 19.1 Å². The Hall–Kier alpha value is -7.07. The van der Waals surface area contributed by atoms with Crippen LogP contribution >= 0.6 is 12.3 Å². The lowest BCUT2D eigenvalue weighted by molar-refractivity contribution is -0.433. The first kappa shape index (κ1) is 66.1. The highest BCUT2D eigenvalue weighted by atomic mass is 32.2. The molecule has 84 heavy (non-hydrogen) atoms. The Balaban J connectivity index is 1.38. The van der Waals surface area contributed by atoms with Crippen molar-refractivity contribution in [1.29, 1.82) is 0 Å². The first-order valence-electron chi connectivity index (χ1n) is 27.0. The first-order chi connectivity index (χ1) is 39.8. The molecule has 3 fully saturated rings. The predicted molar refractivity (Wildman–Crippen MR) is 292 cm³/mol. The summed E-state index contributed by atoms with van der Waals surface area (Å²) < 4.78 is 9.17. The number of nitrogens with zero attached hydrogens (tertiary/aromatic N) is 2. The van der Waals surface area contributed by atoms with Crippen LogP contribution in [0.3, 0.4) is 0 Å². The van der Waals surface area contributed by atoms with Crippen LogP contribution in [-0.2, 0) is 49.4 Å². The summed E-state index contributed by atoms with van der Waals surface area (Å²) in [5.74, 6) is -12.5. The van der Waals surface area contributed by atoms with Gasteiger partial charge in [0.1, 0.15) is 54.6 Å². The van der Waals surface area contributed by atoms with E-state index in [4.69, 9.17) is 15.2 Å². The molecule has 0 bridgehead atoms. The SMILES string of the molecule is CCCCCCc1ccc(-c2ccc(C(=O)N[C@H]3CC(O)C(O)NC(=O)C4C(O)C(C)CN4C(=O)C(C(O)CC(N)=O)NC(=O)C(C(O)C(O)c4ccc(O)c(OSOOO)c4)NC(=O)C4CC(O)CN4C(=O)C(C(C)O)NC3=O)cc2)cc1. The summed E-state index contributed by atoms with van der Waals surface area (Å²) in [5.41, 5.74) is 7.72. The number of aryl methyl sites for hydroxylation is 1. The van der Waals surface area contributed by atoms with Gasteiger partial charge in [-0.05, 0) is 66.3 Å². The molecule has 0 aromatic heterocycles. The topological polar surface area (TPSA) is 459 Å². The standard InChI is InChI=1S/C54H72N8O21S/c1-4-5-6-7-8-27-9-11-28(12-10-27)29-13-15-30(16-14-29)47(72)56-33-21-37(67)50(75)60-52(77)43-44(69)25(2)23-62(43)54(79)41(36(66)22-39(55)68)58-51(76)42(46(71)45(70)31-17-18-35(65)38(19-31)81-84-83-82-80)59-49(74)34-20-32(64)24-61(34)53(78)40(26(3)63)57-48(33)73/h9-19,25-26,32-34,36-37,40-46,50,63-67,69-71,75,80H,4-8,20-24H2,1-3H3,(H2,55,68)(H,56,72)(H,57,73)(H,58,76)(H,59,74)(H,60,77)/t25?,26?,32?,33-,34?,36?,37?,40?,41?,42?,43?,44?,45?,46?,50?/m0/s1. The van der Waals surface area contributed by atoms with Gasteiger partial charge >= 0.3 is 0 Å². The molecule has 0 radical (unpaired) electrons. The molecule has 29 nitrogen and oxygen atoms in total. The molecule has 3 saturated heterocycles. The number of aliphatic hydroxyl groups excluding tert-OH is 8. The number of fused-ring (bicyclic) bond motifs is 2. The van der Waals surface area contributed by atoms with Gasteiger partial charge in [-0.25, -0.2) is 5.26 Å². The normalized spacial score (nSPS) is 27.2. The number of unbranched alkanes of at least 4 members (excludes halogenated alkanes) is 3. The zero-order chi connectivity index (χ0) is 61.7. The lowest BCUT2D eigenvalue weighted by atomic mass is 9.96. The maximum Gasteiger partial charge on any atom is 0.261 e. The molecule has 30 heteroatoms. The lowest BCUT2D eigenvalue weighted by Gasteiger charge is -2.34. The van der Waals surface area contributed by atoms with Crippen molar-refractivity contribution in [3.8, 4) is 22.6 Å². The van der Waals surface area contributed by atoms with Crippen LogP contribution in [0.4, 0.5) is 0 Å². The van der Waals surface area contributed by atoms with Crippen molar-refractivity contribution >= 4 is 59.6 Å². The maximum absolute atomic E-state index is 14.7. The number of nitrogens with one attached hydrogen (secondary N) is 5. The molecule has 0 saturated carbocycles. The molecule has 3 aliphatic rings. The molecule has 0 aliphatic carbocycles. The fraction of sp³-hybridized carbons (Fsp3) is 0.519. The molecular formula is C54H72N8O21S. The average Bonchev–Trinajstić information content (AvgIpc) is 2.77. The average molecular weight is 1200 g/mol. The number of carbonyl (C=O) groups is 8. The summed E-state index contributed by atoms with van der Waals surface area (Å²) in [6.45, 7) is 3.40. The number of phenols is 1. The fourth-order valence-electron chi connectivity index (χ4n) is 10.1. The maximum atomic E-state index is 14.7. The van der Waals surface area contributed by atoms with Gasteiger partial charge in [-0.3, -0.25) is 38.4 Å². The minimum Gasteiger partial charge on any atom is -0.504 e. The van der Waals surface area contributed by atoms with E-state index in [1.54, 1.807) is 12.1 Å².